The molecule has 0 aliphatic carbocycles. The molecule has 1 atom stereocenters. The highest BCUT2D eigenvalue weighted by atomic mass is 79.9. The zero-order valence-electron chi connectivity index (χ0n) is 11.1. The van der Waals surface area contributed by atoms with Crippen LogP contribution in [-0.4, -0.2) is 12.5 Å². The van der Waals surface area contributed by atoms with Crippen molar-refractivity contribution in [1.82, 2.24) is 5.32 Å². The highest BCUT2D eigenvalue weighted by molar-refractivity contribution is 9.10. The molecule has 3 N–H and O–H groups in total. The lowest BCUT2D eigenvalue weighted by Crippen LogP contribution is -2.33. The number of nitrogens with one attached hydrogen (secondary N) is 1. The van der Waals surface area contributed by atoms with Crippen molar-refractivity contribution in [3.63, 3.8) is 0 Å². The van der Waals surface area contributed by atoms with Crippen molar-refractivity contribution >= 4 is 21.8 Å². The molecule has 2 aromatic rings. The highest BCUT2D eigenvalue weighted by Crippen LogP contribution is 2.15. The molecule has 4 heteroatoms. The highest BCUT2D eigenvalue weighted by Gasteiger charge is 2.18. The Morgan fingerprint density at radius 1 is 1.15 bits per heavy atom. The monoisotopic (exact) mass is 332 g/mol. The van der Waals surface area contributed by atoms with Crippen molar-refractivity contribution < 1.29 is 4.79 Å². The Morgan fingerprint density at radius 2 is 1.90 bits per heavy atom. The van der Waals surface area contributed by atoms with Crippen molar-refractivity contribution in [3.8, 4) is 0 Å². The van der Waals surface area contributed by atoms with Crippen LogP contribution in [0.2, 0.25) is 0 Å². The standard InChI is InChI=1S/C16H17BrN2O/c17-14-8-4-5-12(9-14)11-19-16(20)15(10-18)13-6-2-1-3-7-13/h1-9,15H,10-11,18H2,(H,19,20). The quantitative estimate of drug-likeness (QED) is 0.884. The molecule has 0 aliphatic rings. The summed E-state index contributed by atoms with van der Waals surface area (Å²) in [7, 11) is 0. The van der Waals surface area contributed by atoms with Crippen LogP contribution in [0, 0.1) is 0 Å². The molecular weight excluding hydrogens is 316 g/mol. The molecule has 1 amide bonds. The minimum Gasteiger partial charge on any atom is -0.351 e. The van der Waals surface area contributed by atoms with E-state index in [1.54, 1.807) is 0 Å². The summed E-state index contributed by atoms with van der Waals surface area (Å²) in [5.41, 5.74) is 7.73. The Balaban J connectivity index is 2.00. The molecule has 0 aromatic heterocycles. The molecule has 2 aromatic carbocycles. The van der Waals surface area contributed by atoms with Crippen LogP contribution in [0.15, 0.2) is 59.1 Å². The van der Waals surface area contributed by atoms with Crippen LogP contribution in [0.25, 0.3) is 0 Å². The van der Waals surface area contributed by atoms with Gasteiger partial charge in [0.1, 0.15) is 0 Å². The summed E-state index contributed by atoms with van der Waals surface area (Å²) in [6, 6.07) is 17.5. The van der Waals surface area contributed by atoms with Crippen molar-refractivity contribution in [3.05, 3.63) is 70.2 Å². The predicted octanol–water partition coefficient (Wildman–Crippen LogP) is 2.81. The molecule has 0 saturated carbocycles. The van der Waals surface area contributed by atoms with E-state index in [4.69, 9.17) is 5.73 Å². The Hall–Kier alpha value is -1.65. The fourth-order valence-electron chi connectivity index (χ4n) is 2.04. The Kier molecular flexibility index (Phi) is 5.32. The van der Waals surface area contributed by atoms with E-state index in [1.165, 1.54) is 0 Å². The third-order valence-electron chi connectivity index (χ3n) is 3.11. The lowest BCUT2D eigenvalue weighted by molar-refractivity contribution is -0.122. The first kappa shape index (κ1) is 14.8. The minimum atomic E-state index is -0.302. The second kappa shape index (κ2) is 7.22. The van der Waals surface area contributed by atoms with Gasteiger partial charge >= 0.3 is 0 Å². The van der Waals surface area contributed by atoms with E-state index in [0.29, 0.717) is 13.1 Å². The summed E-state index contributed by atoms with van der Waals surface area (Å²) in [6.07, 6.45) is 0. The summed E-state index contributed by atoms with van der Waals surface area (Å²) in [5, 5.41) is 2.94. The summed E-state index contributed by atoms with van der Waals surface area (Å²) < 4.78 is 1.00. The third-order valence-corrected chi connectivity index (χ3v) is 3.60. The molecule has 0 saturated heterocycles. The van der Waals surface area contributed by atoms with Gasteiger partial charge in [0, 0.05) is 17.6 Å². The first-order chi connectivity index (χ1) is 9.70. The second-order valence-corrected chi connectivity index (χ2v) is 5.46. The van der Waals surface area contributed by atoms with Crippen LogP contribution >= 0.6 is 15.9 Å². The van der Waals surface area contributed by atoms with E-state index in [2.05, 4.69) is 21.2 Å². The number of hydrogen-bond donors (Lipinski definition) is 2. The molecule has 0 spiro atoms. The normalized spacial score (nSPS) is 11.9. The maximum atomic E-state index is 12.2. The lowest BCUT2D eigenvalue weighted by atomic mass is 9.98. The number of carbonyl (C=O) groups is 1. The molecule has 20 heavy (non-hydrogen) atoms. The molecule has 3 nitrogen and oxygen atoms in total. The van der Waals surface area contributed by atoms with Crippen LogP contribution in [0.1, 0.15) is 17.0 Å². The summed E-state index contributed by atoms with van der Waals surface area (Å²) in [6.45, 7) is 0.802. The van der Waals surface area contributed by atoms with Crippen molar-refractivity contribution in [1.29, 1.82) is 0 Å². The molecule has 1 unspecified atom stereocenters. The predicted molar refractivity (Wildman–Crippen MR) is 84.2 cm³/mol. The van der Waals surface area contributed by atoms with E-state index < -0.39 is 0 Å². The second-order valence-electron chi connectivity index (χ2n) is 4.55. The van der Waals surface area contributed by atoms with Crippen LogP contribution < -0.4 is 11.1 Å². The Bertz CT molecular complexity index is 572. The maximum Gasteiger partial charge on any atom is 0.229 e. The summed E-state index contributed by atoms with van der Waals surface area (Å²) in [4.78, 5) is 12.2. The molecule has 0 radical (unpaired) electrons. The lowest BCUT2D eigenvalue weighted by Gasteiger charge is -2.15. The van der Waals surface area contributed by atoms with E-state index in [1.807, 2.05) is 54.6 Å². The number of rotatable bonds is 5. The van der Waals surface area contributed by atoms with E-state index in [9.17, 15) is 4.79 Å². The smallest absolute Gasteiger partial charge is 0.229 e. The number of benzene rings is 2. The molecule has 0 heterocycles. The Labute approximate surface area is 127 Å². The average Bonchev–Trinajstić information content (AvgIpc) is 2.47. The molecule has 0 bridgehead atoms. The third kappa shape index (κ3) is 3.92. The van der Waals surface area contributed by atoms with Gasteiger partial charge in [-0.15, -0.1) is 0 Å². The van der Waals surface area contributed by atoms with E-state index >= 15 is 0 Å². The van der Waals surface area contributed by atoms with Gasteiger partial charge in [-0.3, -0.25) is 4.79 Å². The number of amides is 1. The topological polar surface area (TPSA) is 55.1 Å². The molecule has 2 rings (SSSR count). The number of hydrogen-bond acceptors (Lipinski definition) is 2. The van der Waals surface area contributed by atoms with Gasteiger partial charge in [-0.05, 0) is 23.3 Å². The Morgan fingerprint density at radius 3 is 2.55 bits per heavy atom. The van der Waals surface area contributed by atoms with Crippen LogP contribution in [0.3, 0.4) is 0 Å². The maximum absolute atomic E-state index is 12.2. The molecular formula is C16H17BrN2O. The average molecular weight is 333 g/mol. The van der Waals surface area contributed by atoms with Gasteiger partial charge in [-0.2, -0.15) is 0 Å². The van der Waals surface area contributed by atoms with Crippen LogP contribution in [0.4, 0.5) is 0 Å². The number of halogens is 1. The van der Waals surface area contributed by atoms with Gasteiger partial charge in [-0.25, -0.2) is 0 Å². The van der Waals surface area contributed by atoms with E-state index in [-0.39, 0.29) is 11.8 Å². The fourth-order valence-corrected chi connectivity index (χ4v) is 2.49. The zero-order chi connectivity index (χ0) is 14.4. The molecule has 104 valence electrons. The number of nitrogens with two attached hydrogens (primary N) is 1. The fraction of sp³-hybridized carbons (Fsp3) is 0.188. The van der Waals surface area contributed by atoms with Gasteiger partial charge in [0.2, 0.25) is 5.91 Å². The minimum absolute atomic E-state index is 0.0429. The summed E-state index contributed by atoms with van der Waals surface area (Å²) in [5.74, 6) is -0.345. The van der Waals surface area contributed by atoms with Gasteiger partial charge in [0.25, 0.3) is 0 Å². The first-order valence-corrected chi connectivity index (χ1v) is 7.27. The zero-order valence-corrected chi connectivity index (χ0v) is 12.6. The van der Waals surface area contributed by atoms with Crippen molar-refractivity contribution in [2.45, 2.75) is 12.5 Å². The van der Waals surface area contributed by atoms with Gasteiger partial charge in [-0.1, -0.05) is 58.4 Å². The van der Waals surface area contributed by atoms with Crippen LogP contribution in [-0.2, 0) is 11.3 Å². The van der Waals surface area contributed by atoms with Crippen LogP contribution in [0.5, 0.6) is 0 Å². The van der Waals surface area contributed by atoms with E-state index in [0.717, 1.165) is 15.6 Å². The van der Waals surface area contributed by atoms with Gasteiger partial charge in [0.05, 0.1) is 5.92 Å². The SMILES string of the molecule is NCC(C(=O)NCc1cccc(Br)c1)c1ccccc1. The summed E-state index contributed by atoms with van der Waals surface area (Å²) >= 11 is 3.42. The largest absolute Gasteiger partial charge is 0.351 e. The van der Waals surface area contributed by atoms with Crippen molar-refractivity contribution in [2.24, 2.45) is 5.73 Å². The van der Waals surface area contributed by atoms with Crippen molar-refractivity contribution in [2.75, 3.05) is 6.54 Å². The van der Waals surface area contributed by atoms with Gasteiger partial charge < -0.3 is 11.1 Å². The number of carbonyl (C=O) groups excluding carboxylic acids is 1. The van der Waals surface area contributed by atoms with Gasteiger partial charge in [0.15, 0.2) is 0 Å². The molecule has 0 aliphatic heterocycles. The molecule has 0 fully saturated rings. The first-order valence-electron chi connectivity index (χ1n) is 6.48.